The third-order valence-electron chi connectivity index (χ3n) is 3.12. The highest BCUT2D eigenvalue weighted by atomic mass is 16.1. The molecule has 2 atom stereocenters. The van der Waals surface area contributed by atoms with Crippen LogP contribution in [0.3, 0.4) is 0 Å². The van der Waals surface area contributed by atoms with Gasteiger partial charge in [-0.05, 0) is 32.7 Å². The number of carbonyl (C=O) groups is 1. The Labute approximate surface area is 92.2 Å². The highest BCUT2D eigenvalue weighted by molar-refractivity contribution is 5.75. The number of nitrogens with zero attached hydrogens (tertiary/aromatic N) is 1. The van der Waals surface area contributed by atoms with Crippen LogP contribution in [0.4, 0.5) is 0 Å². The van der Waals surface area contributed by atoms with E-state index in [9.17, 15) is 4.79 Å². The second-order valence-corrected chi connectivity index (χ2v) is 4.38. The average molecular weight is 213 g/mol. The van der Waals surface area contributed by atoms with Crippen LogP contribution in [-0.2, 0) is 4.79 Å². The molecule has 0 aromatic rings. The van der Waals surface area contributed by atoms with Gasteiger partial charge in [0.25, 0.3) is 0 Å². The van der Waals surface area contributed by atoms with E-state index in [-0.39, 0.29) is 5.91 Å². The first-order valence-corrected chi connectivity index (χ1v) is 5.88. The van der Waals surface area contributed by atoms with Gasteiger partial charge in [0.05, 0.1) is 0 Å². The van der Waals surface area contributed by atoms with Gasteiger partial charge >= 0.3 is 0 Å². The zero-order chi connectivity index (χ0) is 11.3. The second-order valence-electron chi connectivity index (χ2n) is 4.38. The SMILES string of the molecule is CCNC(=O)CCN1CC(CN)CC1C. The van der Waals surface area contributed by atoms with Crippen molar-refractivity contribution in [2.45, 2.75) is 32.7 Å². The first kappa shape index (κ1) is 12.5. The van der Waals surface area contributed by atoms with Crippen LogP contribution in [0, 0.1) is 5.92 Å². The molecule has 1 amide bonds. The first-order chi connectivity index (χ1) is 7.17. The number of carbonyl (C=O) groups excluding carboxylic acids is 1. The number of hydrogen-bond donors (Lipinski definition) is 2. The lowest BCUT2D eigenvalue weighted by Gasteiger charge is -2.20. The van der Waals surface area contributed by atoms with Gasteiger partial charge in [-0.3, -0.25) is 9.69 Å². The molecule has 0 aromatic heterocycles. The number of nitrogens with one attached hydrogen (secondary N) is 1. The molecule has 0 aromatic carbocycles. The van der Waals surface area contributed by atoms with Gasteiger partial charge in [-0.25, -0.2) is 0 Å². The molecule has 2 unspecified atom stereocenters. The van der Waals surface area contributed by atoms with Crippen LogP contribution in [0.25, 0.3) is 0 Å². The number of nitrogens with two attached hydrogens (primary N) is 1. The lowest BCUT2D eigenvalue weighted by atomic mass is 10.1. The molecular weight excluding hydrogens is 190 g/mol. The van der Waals surface area contributed by atoms with E-state index in [1.54, 1.807) is 0 Å². The molecular formula is C11H23N3O. The van der Waals surface area contributed by atoms with Gasteiger partial charge in [0.1, 0.15) is 0 Å². The number of amides is 1. The van der Waals surface area contributed by atoms with Gasteiger partial charge in [-0.2, -0.15) is 0 Å². The highest BCUT2D eigenvalue weighted by Crippen LogP contribution is 2.21. The summed E-state index contributed by atoms with van der Waals surface area (Å²) < 4.78 is 0. The van der Waals surface area contributed by atoms with Gasteiger partial charge < -0.3 is 11.1 Å². The zero-order valence-electron chi connectivity index (χ0n) is 9.83. The van der Waals surface area contributed by atoms with Crippen LogP contribution < -0.4 is 11.1 Å². The lowest BCUT2D eigenvalue weighted by molar-refractivity contribution is -0.121. The van der Waals surface area contributed by atoms with Crippen molar-refractivity contribution in [2.24, 2.45) is 11.7 Å². The molecule has 1 aliphatic rings. The molecule has 0 bridgehead atoms. The highest BCUT2D eigenvalue weighted by Gasteiger charge is 2.27. The predicted octanol–water partition coefficient (Wildman–Crippen LogP) is 0.182. The topological polar surface area (TPSA) is 58.4 Å². The van der Waals surface area contributed by atoms with Gasteiger partial charge in [0, 0.05) is 32.1 Å². The van der Waals surface area contributed by atoms with Crippen LogP contribution in [-0.4, -0.2) is 43.0 Å². The van der Waals surface area contributed by atoms with Crippen molar-refractivity contribution >= 4 is 5.91 Å². The Bertz CT molecular complexity index is 208. The van der Waals surface area contributed by atoms with E-state index in [2.05, 4.69) is 17.1 Å². The Morgan fingerprint density at radius 3 is 2.87 bits per heavy atom. The van der Waals surface area contributed by atoms with Gasteiger partial charge in [-0.15, -0.1) is 0 Å². The Kier molecular flexibility index (Phi) is 5.05. The summed E-state index contributed by atoms with van der Waals surface area (Å²) in [6, 6.07) is 0.577. The third-order valence-corrected chi connectivity index (χ3v) is 3.12. The smallest absolute Gasteiger partial charge is 0.221 e. The fraction of sp³-hybridized carbons (Fsp3) is 0.909. The average Bonchev–Trinajstić information content (AvgIpc) is 2.57. The molecule has 0 aliphatic carbocycles. The van der Waals surface area contributed by atoms with Gasteiger partial charge in [-0.1, -0.05) is 0 Å². The monoisotopic (exact) mass is 213 g/mol. The minimum absolute atomic E-state index is 0.154. The standard InChI is InChI=1S/C11H23N3O/c1-3-13-11(15)4-5-14-8-10(7-12)6-9(14)2/h9-10H,3-8,12H2,1-2H3,(H,13,15). The summed E-state index contributed by atoms with van der Waals surface area (Å²) in [6.07, 6.45) is 1.78. The largest absolute Gasteiger partial charge is 0.356 e. The molecule has 1 saturated heterocycles. The maximum Gasteiger partial charge on any atom is 0.221 e. The van der Waals surface area contributed by atoms with Crippen molar-refractivity contribution in [2.75, 3.05) is 26.2 Å². The molecule has 1 fully saturated rings. The minimum atomic E-state index is 0.154. The molecule has 1 aliphatic heterocycles. The summed E-state index contributed by atoms with van der Waals surface area (Å²) in [5, 5.41) is 2.82. The Hall–Kier alpha value is -0.610. The summed E-state index contributed by atoms with van der Waals surface area (Å²) >= 11 is 0. The molecule has 15 heavy (non-hydrogen) atoms. The first-order valence-electron chi connectivity index (χ1n) is 5.88. The van der Waals surface area contributed by atoms with Crippen molar-refractivity contribution in [3.05, 3.63) is 0 Å². The summed E-state index contributed by atoms with van der Waals surface area (Å²) in [5.41, 5.74) is 5.66. The molecule has 0 saturated carbocycles. The van der Waals surface area contributed by atoms with Crippen molar-refractivity contribution in [3.63, 3.8) is 0 Å². The third kappa shape index (κ3) is 3.80. The lowest BCUT2D eigenvalue weighted by Crippen LogP contribution is -2.33. The molecule has 4 heteroatoms. The number of hydrogen-bond acceptors (Lipinski definition) is 3. The van der Waals surface area contributed by atoms with Crippen molar-refractivity contribution < 1.29 is 4.79 Å². The van der Waals surface area contributed by atoms with E-state index in [1.165, 1.54) is 6.42 Å². The molecule has 4 nitrogen and oxygen atoms in total. The van der Waals surface area contributed by atoms with E-state index in [0.717, 1.165) is 26.2 Å². The Morgan fingerprint density at radius 2 is 2.33 bits per heavy atom. The quantitative estimate of drug-likeness (QED) is 0.685. The normalized spacial score (nSPS) is 26.9. The maximum atomic E-state index is 11.3. The fourth-order valence-corrected chi connectivity index (χ4v) is 2.23. The van der Waals surface area contributed by atoms with Crippen LogP contribution in [0.5, 0.6) is 0 Å². The van der Waals surface area contributed by atoms with Crippen molar-refractivity contribution in [1.29, 1.82) is 0 Å². The van der Waals surface area contributed by atoms with Crippen LogP contribution in [0.2, 0.25) is 0 Å². The van der Waals surface area contributed by atoms with Crippen LogP contribution in [0.15, 0.2) is 0 Å². The molecule has 88 valence electrons. The van der Waals surface area contributed by atoms with E-state index >= 15 is 0 Å². The molecule has 0 spiro atoms. The second kappa shape index (κ2) is 6.08. The van der Waals surface area contributed by atoms with Crippen LogP contribution in [0.1, 0.15) is 26.7 Å². The van der Waals surface area contributed by atoms with Crippen molar-refractivity contribution in [1.82, 2.24) is 10.2 Å². The number of likely N-dealkylation sites (tertiary alicyclic amines) is 1. The molecule has 3 N–H and O–H groups in total. The van der Waals surface area contributed by atoms with Crippen molar-refractivity contribution in [3.8, 4) is 0 Å². The summed E-state index contributed by atoms with van der Waals surface area (Å²) in [7, 11) is 0. The van der Waals surface area contributed by atoms with Gasteiger partial charge in [0.2, 0.25) is 5.91 Å². The Morgan fingerprint density at radius 1 is 1.60 bits per heavy atom. The van der Waals surface area contributed by atoms with Crippen LogP contribution >= 0.6 is 0 Å². The summed E-state index contributed by atoms with van der Waals surface area (Å²) in [5.74, 6) is 0.773. The Balaban J connectivity index is 2.24. The van der Waals surface area contributed by atoms with E-state index in [1.807, 2.05) is 6.92 Å². The molecule has 1 rings (SSSR count). The maximum absolute atomic E-state index is 11.3. The van der Waals surface area contributed by atoms with E-state index in [0.29, 0.717) is 18.4 Å². The van der Waals surface area contributed by atoms with E-state index in [4.69, 9.17) is 5.73 Å². The van der Waals surface area contributed by atoms with E-state index < -0.39 is 0 Å². The predicted molar refractivity (Wildman–Crippen MR) is 61.5 cm³/mol. The zero-order valence-corrected chi connectivity index (χ0v) is 9.83. The molecule has 1 heterocycles. The number of rotatable bonds is 5. The fourth-order valence-electron chi connectivity index (χ4n) is 2.23. The van der Waals surface area contributed by atoms with Gasteiger partial charge in [0.15, 0.2) is 0 Å². The minimum Gasteiger partial charge on any atom is -0.356 e. The summed E-state index contributed by atoms with van der Waals surface area (Å²) in [4.78, 5) is 13.7. The molecule has 0 radical (unpaired) electrons. The summed E-state index contributed by atoms with van der Waals surface area (Å²) in [6.45, 7) is 7.57.